The molecule has 1 aliphatic heterocycles. The number of sulfonamides is 1. The number of hydrogen-bond acceptors (Lipinski definition) is 7. The molecule has 1 heterocycles. The zero-order valence-electron chi connectivity index (χ0n) is 19.0. The molecule has 1 fully saturated rings. The summed E-state index contributed by atoms with van der Waals surface area (Å²) in [5.41, 5.74) is 1.87. The Labute approximate surface area is 199 Å². The maximum atomic E-state index is 12.7. The minimum atomic E-state index is -3.54. The molecule has 10 nitrogen and oxygen atoms in total. The first kappa shape index (κ1) is 25.6. The topological polar surface area (TPSA) is 123 Å². The summed E-state index contributed by atoms with van der Waals surface area (Å²) in [7, 11) is -2.03. The van der Waals surface area contributed by atoms with Gasteiger partial charge in [-0.3, -0.25) is 10.1 Å². The number of morpholine rings is 1. The number of ether oxygens (including phenoxy) is 3. The lowest BCUT2D eigenvalue weighted by molar-refractivity contribution is -0.116. The van der Waals surface area contributed by atoms with Gasteiger partial charge in [0, 0.05) is 38.0 Å². The Kier molecular flexibility index (Phi) is 9.40. The van der Waals surface area contributed by atoms with Gasteiger partial charge in [0.2, 0.25) is 15.9 Å². The highest BCUT2D eigenvalue weighted by Crippen LogP contribution is 2.19. The van der Waals surface area contributed by atoms with E-state index < -0.39 is 16.1 Å². The number of nitrogens with one attached hydrogen (secondary N) is 2. The van der Waals surface area contributed by atoms with E-state index in [4.69, 9.17) is 14.2 Å². The number of carbonyl (C=O) groups is 2. The molecule has 34 heavy (non-hydrogen) atoms. The molecule has 2 aromatic rings. The van der Waals surface area contributed by atoms with Crippen LogP contribution in [0.25, 0.3) is 0 Å². The Balaban J connectivity index is 1.49. The van der Waals surface area contributed by atoms with Crippen LogP contribution >= 0.6 is 0 Å². The summed E-state index contributed by atoms with van der Waals surface area (Å²) in [6.07, 6.45) is 0.0550. The number of hydrogen-bond donors (Lipinski definition) is 2. The average Bonchev–Trinajstić information content (AvgIpc) is 2.84. The van der Waals surface area contributed by atoms with Gasteiger partial charge in [-0.15, -0.1) is 0 Å². The van der Waals surface area contributed by atoms with Crippen molar-refractivity contribution in [3.8, 4) is 0 Å². The molecule has 11 heteroatoms. The number of carbonyl (C=O) groups excluding carboxylic acids is 2. The van der Waals surface area contributed by atoms with Gasteiger partial charge >= 0.3 is 6.09 Å². The molecule has 0 atom stereocenters. The first-order chi connectivity index (χ1) is 16.4. The largest absolute Gasteiger partial charge is 0.447 e. The van der Waals surface area contributed by atoms with E-state index in [0.717, 1.165) is 5.56 Å². The lowest BCUT2D eigenvalue weighted by Gasteiger charge is -2.26. The van der Waals surface area contributed by atoms with Crippen molar-refractivity contribution in [3.63, 3.8) is 0 Å². The summed E-state index contributed by atoms with van der Waals surface area (Å²) in [6.45, 7) is 1.91. The van der Waals surface area contributed by atoms with Crippen LogP contribution in [0, 0.1) is 0 Å². The van der Waals surface area contributed by atoms with Crippen LogP contribution < -0.4 is 10.6 Å². The van der Waals surface area contributed by atoms with Crippen LogP contribution in [0.4, 0.5) is 16.2 Å². The number of rotatable bonds is 10. The number of amides is 2. The fourth-order valence-corrected chi connectivity index (χ4v) is 4.70. The molecule has 184 valence electrons. The van der Waals surface area contributed by atoms with Crippen molar-refractivity contribution < 1.29 is 32.2 Å². The second-order valence-electron chi connectivity index (χ2n) is 7.54. The normalized spacial score (nSPS) is 14.4. The van der Waals surface area contributed by atoms with E-state index in [1.165, 1.54) is 11.4 Å². The second-order valence-corrected chi connectivity index (χ2v) is 9.48. The lowest BCUT2D eigenvalue weighted by atomic mass is 10.1. The monoisotopic (exact) mass is 491 g/mol. The highest BCUT2D eigenvalue weighted by molar-refractivity contribution is 7.89. The molecule has 2 aromatic carbocycles. The molecule has 0 unspecified atom stereocenters. The SMILES string of the molecule is COCCOC(=O)Nc1cccc(NC(=O)CCc2ccc(S(=O)(=O)N3CCOCC3)cc2)c1. The first-order valence-electron chi connectivity index (χ1n) is 10.9. The number of nitrogens with zero attached hydrogens (tertiary/aromatic N) is 1. The standard InChI is InChI=1S/C23H29N3O7S/c1-31-15-16-33-23(28)25-20-4-2-3-19(17-20)24-22(27)10-7-18-5-8-21(9-6-18)34(29,30)26-11-13-32-14-12-26/h2-6,8-9,17H,7,10-16H2,1H3,(H,24,27)(H,25,28). The zero-order valence-corrected chi connectivity index (χ0v) is 19.8. The summed E-state index contributed by atoms with van der Waals surface area (Å²) in [5.74, 6) is -0.204. The quantitative estimate of drug-likeness (QED) is 0.490. The van der Waals surface area contributed by atoms with Crippen LogP contribution in [0.1, 0.15) is 12.0 Å². The van der Waals surface area contributed by atoms with Gasteiger partial charge in [0.1, 0.15) is 6.61 Å². The van der Waals surface area contributed by atoms with Crippen LogP contribution in [0.3, 0.4) is 0 Å². The molecule has 1 saturated heterocycles. The van der Waals surface area contributed by atoms with Crippen LogP contribution in [0.15, 0.2) is 53.4 Å². The van der Waals surface area contributed by atoms with Gasteiger partial charge in [-0.1, -0.05) is 18.2 Å². The summed E-state index contributed by atoms with van der Waals surface area (Å²) in [6, 6.07) is 13.3. The number of aryl methyl sites for hydroxylation is 1. The van der Waals surface area contributed by atoms with Crippen molar-refractivity contribution >= 4 is 33.4 Å². The van der Waals surface area contributed by atoms with Gasteiger partial charge in [-0.2, -0.15) is 4.31 Å². The van der Waals surface area contributed by atoms with Gasteiger partial charge in [0.05, 0.1) is 24.7 Å². The van der Waals surface area contributed by atoms with Crippen molar-refractivity contribution in [2.45, 2.75) is 17.7 Å². The van der Waals surface area contributed by atoms with Gasteiger partial charge < -0.3 is 19.5 Å². The zero-order chi connectivity index (χ0) is 24.4. The van der Waals surface area contributed by atoms with E-state index in [1.807, 2.05) is 0 Å². The molecule has 2 amide bonds. The smallest absolute Gasteiger partial charge is 0.411 e. The molecular formula is C23H29N3O7S. The summed E-state index contributed by atoms with van der Waals surface area (Å²) >= 11 is 0. The van der Waals surface area contributed by atoms with E-state index in [9.17, 15) is 18.0 Å². The Morgan fingerprint density at radius 1 is 1.00 bits per heavy atom. The van der Waals surface area contributed by atoms with Gasteiger partial charge in [0.25, 0.3) is 0 Å². The molecular weight excluding hydrogens is 462 g/mol. The maximum absolute atomic E-state index is 12.7. The predicted molar refractivity (Wildman–Crippen MR) is 126 cm³/mol. The van der Waals surface area contributed by atoms with Gasteiger partial charge in [-0.05, 0) is 42.3 Å². The third kappa shape index (κ3) is 7.52. The number of methoxy groups -OCH3 is 1. The Hall–Kier alpha value is -2.99. The molecule has 1 aliphatic rings. The van der Waals surface area contributed by atoms with Crippen LogP contribution in [0.5, 0.6) is 0 Å². The Morgan fingerprint density at radius 3 is 2.35 bits per heavy atom. The minimum Gasteiger partial charge on any atom is -0.447 e. The summed E-state index contributed by atoms with van der Waals surface area (Å²) in [4.78, 5) is 24.3. The summed E-state index contributed by atoms with van der Waals surface area (Å²) < 4.78 is 41.8. The maximum Gasteiger partial charge on any atom is 0.411 e. The van der Waals surface area contributed by atoms with Crippen molar-refractivity contribution in [2.24, 2.45) is 0 Å². The van der Waals surface area contributed by atoms with E-state index in [2.05, 4.69) is 10.6 Å². The van der Waals surface area contributed by atoms with E-state index in [-0.39, 0.29) is 23.8 Å². The van der Waals surface area contributed by atoms with Crippen molar-refractivity contribution in [1.82, 2.24) is 4.31 Å². The third-order valence-corrected chi connectivity index (χ3v) is 7.00. The first-order valence-corrected chi connectivity index (χ1v) is 12.3. The van der Waals surface area contributed by atoms with Crippen molar-refractivity contribution in [1.29, 1.82) is 0 Å². The van der Waals surface area contributed by atoms with Gasteiger partial charge in [0.15, 0.2) is 0 Å². The Bertz CT molecular complexity index is 1070. The molecule has 0 radical (unpaired) electrons. The fraction of sp³-hybridized carbons (Fsp3) is 0.391. The molecule has 0 saturated carbocycles. The van der Waals surface area contributed by atoms with Crippen LogP contribution in [-0.2, 0) is 35.4 Å². The number of benzene rings is 2. The van der Waals surface area contributed by atoms with E-state index >= 15 is 0 Å². The average molecular weight is 492 g/mol. The van der Waals surface area contributed by atoms with E-state index in [0.29, 0.717) is 50.7 Å². The Morgan fingerprint density at radius 2 is 1.68 bits per heavy atom. The van der Waals surface area contributed by atoms with Gasteiger partial charge in [-0.25, -0.2) is 13.2 Å². The molecule has 2 N–H and O–H groups in total. The predicted octanol–water partition coefficient (Wildman–Crippen LogP) is 2.47. The minimum absolute atomic E-state index is 0.138. The number of anilines is 2. The van der Waals surface area contributed by atoms with Crippen LogP contribution in [0.2, 0.25) is 0 Å². The molecule has 0 aliphatic carbocycles. The third-order valence-electron chi connectivity index (χ3n) is 5.09. The molecule has 0 bridgehead atoms. The highest BCUT2D eigenvalue weighted by atomic mass is 32.2. The van der Waals surface area contributed by atoms with Crippen LogP contribution in [-0.4, -0.2) is 71.4 Å². The van der Waals surface area contributed by atoms with Crippen molar-refractivity contribution in [3.05, 3.63) is 54.1 Å². The lowest BCUT2D eigenvalue weighted by Crippen LogP contribution is -2.40. The van der Waals surface area contributed by atoms with Crippen molar-refractivity contribution in [2.75, 3.05) is 57.3 Å². The summed E-state index contributed by atoms with van der Waals surface area (Å²) in [5, 5.41) is 5.38. The second kappa shape index (κ2) is 12.5. The fourth-order valence-electron chi connectivity index (χ4n) is 3.29. The molecule has 0 aromatic heterocycles. The molecule has 0 spiro atoms. The van der Waals surface area contributed by atoms with E-state index in [1.54, 1.807) is 48.5 Å². The molecule has 3 rings (SSSR count). The highest BCUT2D eigenvalue weighted by Gasteiger charge is 2.26.